The summed E-state index contributed by atoms with van der Waals surface area (Å²) in [6.07, 6.45) is -0.468. The van der Waals surface area contributed by atoms with Crippen LogP contribution in [0.4, 0.5) is 11.5 Å². The van der Waals surface area contributed by atoms with E-state index in [2.05, 4.69) is 15.6 Å². The van der Waals surface area contributed by atoms with Gasteiger partial charge in [-0.1, -0.05) is 30.3 Å². The third-order valence-electron chi connectivity index (χ3n) is 4.06. The van der Waals surface area contributed by atoms with Crippen LogP contribution in [0, 0.1) is 6.92 Å². The smallest absolute Gasteiger partial charge is 0.355 e. The van der Waals surface area contributed by atoms with E-state index in [-0.39, 0.29) is 36.7 Å². The van der Waals surface area contributed by atoms with E-state index in [0.717, 1.165) is 0 Å². The van der Waals surface area contributed by atoms with Crippen molar-refractivity contribution in [3.8, 4) is 0 Å². The summed E-state index contributed by atoms with van der Waals surface area (Å²) >= 11 is 0. The Morgan fingerprint density at radius 3 is 2.68 bits per heavy atom. The van der Waals surface area contributed by atoms with Crippen LogP contribution in [0.2, 0.25) is 0 Å². The molecule has 28 heavy (non-hydrogen) atoms. The summed E-state index contributed by atoms with van der Waals surface area (Å²) in [6.45, 7) is 3.41. The van der Waals surface area contributed by atoms with E-state index in [0.29, 0.717) is 11.4 Å². The second-order valence-electron chi connectivity index (χ2n) is 6.20. The highest BCUT2D eigenvalue weighted by molar-refractivity contribution is 6.38. The van der Waals surface area contributed by atoms with E-state index in [1.54, 1.807) is 44.2 Å². The molecule has 0 saturated carbocycles. The summed E-state index contributed by atoms with van der Waals surface area (Å²) in [4.78, 5) is 37.0. The minimum atomic E-state index is -1.02. The summed E-state index contributed by atoms with van der Waals surface area (Å²) in [5.41, 5.74) is 0.649. The maximum Gasteiger partial charge on any atom is 0.355 e. The van der Waals surface area contributed by atoms with Gasteiger partial charge in [0.2, 0.25) is 5.91 Å². The van der Waals surface area contributed by atoms with Crippen molar-refractivity contribution < 1.29 is 23.6 Å². The van der Waals surface area contributed by atoms with Gasteiger partial charge in [0.1, 0.15) is 11.5 Å². The zero-order valence-corrected chi connectivity index (χ0v) is 15.5. The van der Waals surface area contributed by atoms with Crippen molar-refractivity contribution in [2.24, 2.45) is 5.10 Å². The molecule has 1 unspecified atom stereocenters. The van der Waals surface area contributed by atoms with Crippen molar-refractivity contribution in [1.29, 1.82) is 0 Å². The van der Waals surface area contributed by atoms with Crippen LogP contribution in [0.15, 0.2) is 46.0 Å². The van der Waals surface area contributed by atoms with Gasteiger partial charge in [0, 0.05) is 18.9 Å². The fraction of sp³-hybridized carbons (Fsp3) is 0.316. The molecule has 9 nitrogen and oxygen atoms in total. The van der Waals surface area contributed by atoms with E-state index >= 15 is 0 Å². The van der Waals surface area contributed by atoms with Gasteiger partial charge in [0.05, 0.1) is 5.69 Å². The molecule has 2 heterocycles. The Balaban J connectivity index is 1.69. The molecule has 3 rings (SSSR count). The largest absolute Gasteiger partial charge is 0.448 e. The van der Waals surface area contributed by atoms with Crippen LogP contribution in [0.3, 0.4) is 0 Å². The van der Waals surface area contributed by atoms with E-state index in [9.17, 15) is 14.4 Å². The van der Waals surface area contributed by atoms with Crippen molar-refractivity contribution in [2.45, 2.75) is 39.2 Å². The summed E-state index contributed by atoms with van der Waals surface area (Å²) < 4.78 is 10.2. The Hall–Kier alpha value is -3.49. The number of carbonyl (C=O) groups excluding carboxylic acids is 3. The fourth-order valence-electron chi connectivity index (χ4n) is 2.62. The Morgan fingerprint density at radius 2 is 2.04 bits per heavy atom. The number of para-hydroxylation sites is 1. The van der Waals surface area contributed by atoms with Gasteiger partial charge in [0.25, 0.3) is 5.91 Å². The van der Waals surface area contributed by atoms with E-state index < -0.39 is 18.0 Å². The lowest BCUT2D eigenvalue weighted by Crippen LogP contribution is -2.38. The number of nitrogens with one attached hydrogen (secondary N) is 1. The van der Waals surface area contributed by atoms with E-state index in [1.165, 1.54) is 5.01 Å². The maximum atomic E-state index is 12.5. The molecule has 146 valence electrons. The van der Waals surface area contributed by atoms with Gasteiger partial charge in [0.15, 0.2) is 11.9 Å². The second kappa shape index (κ2) is 8.47. The van der Waals surface area contributed by atoms with Crippen molar-refractivity contribution >= 4 is 35.0 Å². The van der Waals surface area contributed by atoms with Gasteiger partial charge < -0.3 is 14.6 Å². The molecule has 9 heteroatoms. The van der Waals surface area contributed by atoms with Gasteiger partial charge in [-0.25, -0.2) is 9.80 Å². The standard InChI is InChI=1S/C19H20N4O5/c1-3-15(18(25)20-16-11-12(2)28-22-16)27-19(26)14-9-10-17(24)23(21-14)13-7-5-4-6-8-13/h4-8,11,15H,3,9-10H2,1-2H3,(H,20,22,25). The summed E-state index contributed by atoms with van der Waals surface area (Å²) in [5.74, 6) is -0.673. The zero-order chi connectivity index (χ0) is 20.1. The average Bonchev–Trinajstić information content (AvgIpc) is 3.11. The first-order valence-electron chi connectivity index (χ1n) is 8.88. The number of rotatable bonds is 6. The van der Waals surface area contributed by atoms with Crippen LogP contribution in [0.5, 0.6) is 0 Å². The number of ether oxygens (including phenoxy) is 1. The molecule has 1 N–H and O–H groups in total. The minimum absolute atomic E-state index is 0.0898. The third-order valence-corrected chi connectivity index (χ3v) is 4.06. The van der Waals surface area contributed by atoms with Gasteiger partial charge in [-0.2, -0.15) is 5.10 Å². The number of hydrogen-bond acceptors (Lipinski definition) is 7. The number of nitrogens with zero attached hydrogens (tertiary/aromatic N) is 3. The molecule has 0 spiro atoms. The highest BCUT2D eigenvalue weighted by Crippen LogP contribution is 2.20. The number of aromatic nitrogens is 1. The Bertz CT molecular complexity index is 906. The van der Waals surface area contributed by atoms with E-state index in [1.807, 2.05) is 6.07 Å². The summed E-state index contributed by atoms with van der Waals surface area (Å²) in [7, 11) is 0. The quantitative estimate of drug-likeness (QED) is 0.765. The highest BCUT2D eigenvalue weighted by atomic mass is 16.5. The van der Waals surface area contributed by atoms with Crippen LogP contribution in [-0.4, -0.2) is 34.8 Å². The summed E-state index contributed by atoms with van der Waals surface area (Å²) in [6, 6.07) is 10.4. The molecule has 0 radical (unpaired) electrons. The predicted octanol–water partition coefficient (Wildman–Crippen LogP) is 2.43. The van der Waals surface area contributed by atoms with Crippen molar-refractivity contribution in [3.05, 3.63) is 42.2 Å². The number of anilines is 2. The average molecular weight is 384 g/mol. The van der Waals surface area contributed by atoms with Gasteiger partial charge in [-0.3, -0.25) is 9.59 Å². The Labute approximate surface area is 161 Å². The topological polar surface area (TPSA) is 114 Å². The molecule has 1 aromatic heterocycles. The molecule has 2 amide bonds. The Morgan fingerprint density at radius 1 is 1.29 bits per heavy atom. The summed E-state index contributed by atoms with van der Waals surface area (Å²) in [5, 5.41) is 11.5. The van der Waals surface area contributed by atoms with Crippen LogP contribution in [-0.2, 0) is 19.1 Å². The molecular formula is C19H20N4O5. The fourth-order valence-corrected chi connectivity index (χ4v) is 2.62. The number of hydrogen-bond donors (Lipinski definition) is 1. The van der Waals surface area contributed by atoms with Crippen LogP contribution >= 0.6 is 0 Å². The van der Waals surface area contributed by atoms with Crippen molar-refractivity contribution in [1.82, 2.24) is 5.16 Å². The molecular weight excluding hydrogens is 364 g/mol. The minimum Gasteiger partial charge on any atom is -0.448 e. The first-order chi connectivity index (χ1) is 13.5. The number of benzene rings is 1. The zero-order valence-electron chi connectivity index (χ0n) is 15.5. The molecule has 1 aliphatic rings. The molecule has 0 aliphatic carbocycles. The molecule has 0 saturated heterocycles. The van der Waals surface area contributed by atoms with Crippen LogP contribution in [0.1, 0.15) is 31.9 Å². The molecule has 1 atom stereocenters. The van der Waals surface area contributed by atoms with Crippen LogP contribution in [0.25, 0.3) is 0 Å². The number of aryl methyl sites for hydroxylation is 1. The second-order valence-corrected chi connectivity index (χ2v) is 6.20. The van der Waals surface area contributed by atoms with Gasteiger partial charge >= 0.3 is 5.97 Å². The normalized spacial score (nSPS) is 15.0. The van der Waals surface area contributed by atoms with Gasteiger partial charge in [-0.05, 0) is 25.5 Å². The number of amides is 2. The lowest BCUT2D eigenvalue weighted by Gasteiger charge is -2.23. The monoisotopic (exact) mass is 384 g/mol. The SMILES string of the molecule is CCC(OC(=O)C1=NN(c2ccccc2)C(=O)CC1)C(=O)Nc1cc(C)on1. The number of carbonyl (C=O) groups is 3. The first-order valence-corrected chi connectivity index (χ1v) is 8.88. The molecule has 0 fully saturated rings. The van der Waals surface area contributed by atoms with Crippen molar-refractivity contribution in [3.63, 3.8) is 0 Å². The highest BCUT2D eigenvalue weighted by Gasteiger charge is 2.29. The number of hydrazone groups is 1. The number of esters is 1. The first kappa shape index (κ1) is 19.3. The van der Waals surface area contributed by atoms with Gasteiger partial charge in [-0.15, -0.1) is 0 Å². The molecule has 1 aromatic carbocycles. The molecule has 1 aliphatic heterocycles. The lowest BCUT2D eigenvalue weighted by atomic mass is 10.1. The molecule has 2 aromatic rings. The molecule has 0 bridgehead atoms. The predicted molar refractivity (Wildman–Crippen MR) is 101 cm³/mol. The van der Waals surface area contributed by atoms with Crippen molar-refractivity contribution in [2.75, 3.05) is 10.3 Å². The third kappa shape index (κ3) is 4.43. The lowest BCUT2D eigenvalue weighted by molar-refractivity contribution is -0.147. The van der Waals surface area contributed by atoms with Crippen LogP contribution < -0.4 is 10.3 Å². The Kier molecular flexibility index (Phi) is 5.83. The maximum absolute atomic E-state index is 12.5. The van der Waals surface area contributed by atoms with E-state index in [4.69, 9.17) is 9.26 Å².